The molecule has 0 radical (unpaired) electrons. The SMILES string of the molecule is CSF.NC(=O)C1CCN(CCCCCCC(=O)c2cc(-c3ccc(F)cc3)on2)CC1O.NC(=O)[C@@H]1CCN(CCCCCCC(=O)c2cc(-c3ccc(F)cc3)on2)C[C@@H]1O.NC(=O)[C@@H]1CCN(CCCCCCC(=O)c2cc(-c3ccc(F)cc3)on2)C[C@H]1O. The van der Waals surface area contributed by atoms with E-state index >= 15 is 0 Å². The molecule has 3 aromatic heterocycles. The lowest BCUT2D eigenvalue weighted by molar-refractivity contribution is -0.129. The Bertz CT molecular complexity index is 2930. The molecule has 3 saturated heterocycles. The fraction of sp³-hybridized carbons (Fsp3) is 0.507. The van der Waals surface area contributed by atoms with Crippen LogP contribution >= 0.6 is 12.1 Å². The number of benzene rings is 3. The number of nitrogens with two attached hydrogens (primary N) is 3. The van der Waals surface area contributed by atoms with E-state index in [2.05, 4.69) is 30.2 Å². The predicted octanol–water partition coefficient (Wildman–Crippen LogP) is 9.58. The highest BCUT2D eigenvalue weighted by atomic mass is 32.2. The third kappa shape index (κ3) is 25.1. The van der Waals surface area contributed by atoms with Crippen molar-refractivity contribution in [1.29, 1.82) is 0 Å². The number of halogens is 4. The third-order valence-electron chi connectivity index (χ3n) is 16.8. The largest absolute Gasteiger partial charge is 0.391 e. The summed E-state index contributed by atoms with van der Waals surface area (Å²) in [7, 11) is 0. The number of ketones is 3. The number of aliphatic hydroxyl groups excluding tert-OH is 3. The Kier molecular flexibility index (Phi) is 31.5. The summed E-state index contributed by atoms with van der Waals surface area (Å²) in [4.78, 5) is 77.0. The number of carbonyl (C=O) groups excluding carboxylic acids is 6. The normalized spacial score (nSPS) is 19.2. The molecule has 3 aliphatic rings. The molecule has 6 aromatic rings. The van der Waals surface area contributed by atoms with Gasteiger partial charge in [-0.05, 0) is 170 Å². The second-order valence-electron chi connectivity index (χ2n) is 23.7. The number of likely N-dealkylation sites (tertiary alicyclic amines) is 3. The molecule has 0 saturated carbocycles. The zero-order valence-corrected chi connectivity index (χ0v) is 53.4. The average Bonchev–Trinajstić information content (AvgIpc) is 2.20. The zero-order valence-electron chi connectivity index (χ0n) is 52.6. The number of aliphatic hydroxyl groups is 3. The van der Waals surface area contributed by atoms with E-state index < -0.39 is 53.8 Å². The molecule has 2 unspecified atom stereocenters. The molecule has 6 heterocycles. The van der Waals surface area contributed by atoms with Gasteiger partial charge < -0.3 is 60.8 Å². The van der Waals surface area contributed by atoms with Crippen LogP contribution in [0.15, 0.2) is 105 Å². The van der Waals surface area contributed by atoms with Gasteiger partial charge >= 0.3 is 0 Å². The first-order chi connectivity index (χ1) is 44.7. The molecule has 26 heteroatoms. The van der Waals surface area contributed by atoms with E-state index in [-0.39, 0.29) is 46.9 Å². The van der Waals surface area contributed by atoms with Gasteiger partial charge in [-0.3, -0.25) is 28.8 Å². The lowest BCUT2D eigenvalue weighted by Crippen LogP contribution is -2.48. The molecular formula is C67H87F4N9O12S. The molecule has 9 N–H and O–H groups in total. The number of Topliss-reactive ketones (excluding diaryl/α,β-unsaturated/α-hetero) is 3. The van der Waals surface area contributed by atoms with Crippen LogP contribution < -0.4 is 17.2 Å². The molecular weight excluding hydrogens is 1230 g/mol. The third-order valence-corrected chi connectivity index (χ3v) is 16.8. The minimum atomic E-state index is -0.684. The van der Waals surface area contributed by atoms with Crippen LogP contribution in [0.4, 0.5) is 17.1 Å². The highest BCUT2D eigenvalue weighted by molar-refractivity contribution is 7.93. The number of unbranched alkanes of at least 4 members (excludes halogenated alkanes) is 9. The molecule has 0 spiro atoms. The van der Waals surface area contributed by atoms with Gasteiger partial charge in [-0.15, -0.1) is 0 Å². The number of piperidine rings is 3. The molecule has 506 valence electrons. The molecule has 6 atom stereocenters. The Balaban J connectivity index is 0.000000216. The van der Waals surface area contributed by atoms with Crippen molar-refractivity contribution in [2.75, 3.05) is 65.2 Å². The maximum atomic E-state index is 13.0. The zero-order chi connectivity index (χ0) is 67.2. The van der Waals surface area contributed by atoms with Gasteiger partial charge in [-0.25, -0.2) is 13.2 Å². The monoisotopic (exact) mass is 1320 g/mol. The number of carbonyl (C=O) groups is 6. The smallest absolute Gasteiger partial charge is 0.223 e. The molecule has 3 fully saturated rings. The van der Waals surface area contributed by atoms with Crippen LogP contribution in [0.2, 0.25) is 0 Å². The highest BCUT2D eigenvalue weighted by Crippen LogP contribution is 2.27. The number of nitrogens with zero attached hydrogens (tertiary/aromatic N) is 6. The van der Waals surface area contributed by atoms with Crippen LogP contribution in [-0.2, 0) is 14.4 Å². The van der Waals surface area contributed by atoms with Crippen molar-refractivity contribution in [2.45, 2.75) is 134 Å². The molecule has 3 aliphatic heterocycles. The first-order valence-corrected chi connectivity index (χ1v) is 32.9. The number of hydrogen-bond acceptors (Lipinski definition) is 19. The van der Waals surface area contributed by atoms with E-state index in [0.717, 1.165) is 116 Å². The van der Waals surface area contributed by atoms with Gasteiger partial charge in [0.15, 0.2) is 34.6 Å². The predicted molar refractivity (Wildman–Crippen MR) is 342 cm³/mol. The van der Waals surface area contributed by atoms with E-state index in [4.69, 9.17) is 30.8 Å². The van der Waals surface area contributed by atoms with Crippen molar-refractivity contribution < 1.29 is 74.7 Å². The number of hydrogen-bond donors (Lipinski definition) is 6. The first-order valence-electron chi connectivity index (χ1n) is 31.7. The molecule has 3 aromatic carbocycles. The highest BCUT2D eigenvalue weighted by Gasteiger charge is 2.33. The quantitative estimate of drug-likeness (QED) is 0.0139. The van der Waals surface area contributed by atoms with E-state index in [1.165, 1.54) is 42.7 Å². The van der Waals surface area contributed by atoms with Gasteiger partial charge in [-0.1, -0.05) is 54.0 Å². The van der Waals surface area contributed by atoms with Crippen molar-refractivity contribution in [3.63, 3.8) is 0 Å². The minimum Gasteiger partial charge on any atom is -0.391 e. The van der Waals surface area contributed by atoms with E-state index in [1.54, 1.807) is 54.6 Å². The summed E-state index contributed by atoms with van der Waals surface area (Å²) in [5.41, 5.74) is 18.8. The lowest BCUT2D eigenvalue weighted by Gasteiger charge is -2.34. The lowest BCUT2D eigenvalue weighted by atomic mass is 9.93. The van der Waals surface area contributed by atoms with Gasteiger partial charge in [0.25, 0.3) is 0 Å². The van der Waals surface area contributed by atoms with Crippen molar-refractivity contribution in [1.82, 2.24) is 30.2 Å². The Morgan fingerprint density at radius 2 is 0.677 bits per heavy atom. The van der Waals surface area contributed by atoms with Crippen LogP contribution in [0.25, 0.3) is 34.0 Å². The number of aromatic nitrogens is 3. The molecule has 0 bridgehead atoms. The summed E-state index contributed by atoms with van der Waals surface area (Å²) in [6.45, 7) is 6.34. The molecule has 0 aliphatic carbocycles. The van der Waals surface area contributed by atoms with Crippen LogP contribution in [0.5, 0.6) is 0 Å². The topological polar surface area (TPSA) is 329 Å². The Labute approximate surface area is 543 Å². The molecule has 3 amide bonds. The van der Waals surface area contributed by atoms with Crippen LogP contribution in [0.1, 0.15) is 147 Å². The van der Waals surface area contributed by atoms with Gasteiger partial charge in [-0.2, -0.15) is 3.89 Å². The molecule has 93 heavy (non-hydrogen) atoms. The van der Waals surface area contributed by atoms with Crippen LogP contribution in [0.3, 0.4) is 0 Å². The second kappa shape index (κ2) is 39.3. The molecule has 9 rings (SSSR count). The van der Waals surface area contributed by atoms with Gasteiger partial charge in [0.05, 0.1) is 36.1 Å². The van der Waals surface area contributed by atoms with E-state index in [9.17, 15) is 61.1 Å². The Hall–Kier alpha value is -7.46. The number of primary amides is 3. The summed E-state index contributed by atoms with van der Waals surface area (Å²) in [5, 5.41) is 41.5. The molecule has 21 nitrogen and oxygen atoms in total. The summed E-state index contributed by atoms with van der Waals surface area (Å²) in [6, 6.07) is 22.3. The Morgan fingerprint density at radius 1 is 0.441 bits per heavy atom. The van der Waals surface area contributed by atoms with Gasteiger partial charge in [0.1, 0.15) is 34.5 Å². The van der Waals surface area contributed by atoms with Crippen molar-refractivity contribution in [3.8, 4) is 34.0 Å². The van der Waals surface area contributed by atoms with Crippen molar-refractivity contribution >= 4 is 47.2 Å². The first kappa shape index (κ1) is 74.6. The minimum absolute atomic E-state index is 0.0660. The second-order valence-corrected chi connectivity index (χ2v) is 24.0. The average molecular weight is 1320 g/mol. The summed E-state index contributed by atoms with van der Waals surface area (Å²) in [5.74, 6) is -2.45. The summed E-state index contributed by atoms with van der Waals surface area (Å²) in [6.07, 6.45) is 13.3. The fourth-order valence-electron chi connectivity index (χ4n) is 11.4. The van der Waals surface area contributed by atoms with Crippen molar-refractivity contribution in [3.05, 3.63) is 126 Å². The number of β-amino-alcohol motifs (C(OH)–C–C–N with tert-alkyl or cyclic N) is 3. The fourth-order valence-corrected chi connectivity index (χ4v) is 11.4. The maximum Gasteiger partial charge on any atom is 0.223 e. The van der Waals surface area contributed by atoms with E-state index in [1.807, 2.05) is 0 Å². The van der Waals surface area contributed by atoms with Crippen LogP contribution in [-0.4, -0.2) is 164 Å². The van der Waals surface area contributed by atoms with E-state index in [0.29, 0.717) is 109 Å². The maximum absolute atomic E-state index is 13.0. The number of rotatable bonds is 30. The van der Waals surface area contributed by atoms with Crippen LogP contribution in [0, 0.1) is 35.2 Å². The number of amides is 3. The van der Waals surface area contributed by atoms with Gasteiger partial charge in [0, 0.05) is 92.2 Å². The standard InChI is InChI=1S/3C22H28FN3O4.CH3FS/c3*23-16-8-6-15(7-9-16)21-13-18(25-30-21)19(27)5-3-1-2-4-11-26-12-10-17(22(24)29)20(28)14-26;1-3-2/h3*6-9,13,17,20,28H,1-5,10-12,14H2,(H2,24,29);1H3/t17-,20+;17-,20-;;/m11../s1. The summed E-state index contributed by atoms with van der Waals surface area (Å²) < 4.78 is 64.8. The Morgan fingerprint density at radius 3 is 0.903 bits per heavy atom. The van der Waals surface area contributed by atoms with Crippen molar-refractivity contribution in [2.24, 2.45) is 35.0 Å². The van der Waals surface area contributed by atoms with Gasteiger partial charge in [0.2, 0.25) is 17.7 Å². The summed E-state index contributed by atoms with van der Waals surface area (Å²) >= 11 is 0.250.